The highest BCUT2D eigenvalue weighted by Crippen LogP contribution is 2.34. The van der Waals surface area contributed by atoms with E-state index < -0.39 is 29.5 Å². The van der Waals surface area contributed by atoms with Crippen LogP contribution in [0.15, 0.2) is 60.7 Å². The molecule has 0 aromatic heterocycles. The highest BCUT2D eigenvalue weighted by Gasteiger charge is 2.23. The monoisotopic (exact) mass is 513 g/mol. The molecule has 7 heteroatoms. The van der Waals surface area contributed by atoms with Crippen LogP contribution in [0.1, 0.15) is 53.9 Å². The van der Waals surface area contributed by atoms with E-state index in [1.54, 1.807) is 25.1 Å². The molecule has 0 amide bonds. The van der Waals surface area contributed by atoms with Crippen molar-refractivity contribution in [3.8, 4) is 11.1 Å². The molecule has 2 atom stereocenters. The summed E-state index contributed by atoms with van der Waals surface area (Å²) in [6, 6.07) is 17.9. The Morgan fingerprint density at radius 1 is 1.14 bits per heavy atom. The number of hydrogen-bond donors (Lipinski definition) is 3. The minimum absolute atomic E-state index is 0.0603. The van der Waals surface area contributed by atoms with Crippen LogP contribution >= 0.6 is 11.6 Å². The third-order valence-corrected chi connectivity index (χ3v) is 6.53. The number of carboxylic acids is 1. The molecule has 0 saturated carbocycles. The van der Waals surface area contributed by atoms with Crippen molar-refractivity contribution < 1.29 is 24.1 Å². The number of rotatable bonds is 11. The van der Waals surface area contributed by atoms with Crippen LogP contribution in [-0.4, -0.2) is 41.0 Å². The Morgan fingerprint density at radius 2 is 1.83 bits per heavy atom. The van der Waals surface area contributed by atoms with Gasteiger partial charge in [0.2, 0.25) is 0 Å². The lowest BCUT2D eigenvalue weighted by molar-refractivity contribution is -0.00423. The van der Waals surface area contributed by atoms with E-state index in [-0.39, 0.29) is 23.7 Å². The molecule has 0 heterocycles. The van der Waals surface area contributed by atoms with E-state index in [1.165, 1.54) is 12.1 Å². The number of ether oxygens (including phenoxy) is 1. The topological polar surface area (TPSA) is 78.8 Å². The first-order chi connectivity index (χ1) is 17.0. The zero-order valence-corrected chi connectivity index (χ0v) is 21.8. The van der Waals surface area contributed by atoms with Crippen molar-refractivity contribution in [2.75, 3.05) is 13.2 Å². The maximum Gasteiger partial charge on any atom is 0.335 e. The lowest BCUT2D eigenvalue weighted by atomic mass is 9.90. The van der Waals surface area contributed by atoms with Crippen LogP contribution < -0.4 is 5.32 Å². The quantitative estimate of drug-likeness (QED) is 0.284. The second-order valence-corrected chi connectivity index (χ2v) is 10.1. The zero-order valence-electron chi connectivity index (χ0n) is 21.0. The van der Waals surface area contributed by atoms with E-state index in [0.717, 1.165) is 22.3 Å². The molecule has 0 bridgehead atoms. The summed E-state index contributed by atoms with van der Waals surface area (Å²) in [7, 11) is 0. The number of nitrogens with one attached hydrogen (secondary N) is 1. The summed E-state index contributed by atoms with van der Waals surface area (Å²) in [4.78, 5) is 11.7. The van der Waals surface area contributed by atoms with Crippen LogP contribution in [0.3, 0.4) is 0 Å². The van der Waals surface area contributed by atoms with Crippen LogP contribution in [-0.2, 0) is 11.2 Å². The number of halogens is 2. The molecule has 0 saturated heterocycles. The minimum atomic E-state index is -0.993. The largest absolute Gasteiger partial charge is 0.478 e. The minimum Gasteiger partial charge on any atom is -0.478 e. The smallest absolute Gasteiger partial charge is 0.335 e. The Morgan fingerprint density at radius 3 is 2.47 bits per heavy atom. The van der Waals surface area contributed by atoms with E-state index in [9.17, 15) is 19.4 Å². The van der Waals surface area contributed by atoms with Gasteiger partial charge in [-0.05, 0) is 80.1 Å². The van der Waals surface area contributed by atoms with E-state index >= 15 is 0 Å². The number of aromatic carboxylic acids is 1. The molecule has 0 fully saturated rings. The van der Waals surface area contributed by atoms with Crippen LogP contribution in [0.2, 0.25) is 5.02 Å². The zero-order chi connectivity index (χ0) is 26.5. The Labute approximate surface area is 216 Å². The van der Waals surface area contributed by atoms with E-state index in [2.05, 4.69) is 5.32 Å². The maximum atomic E-state index is 13.8. The van der Waals surface area contributed by atoms with Crippen LogP contribution in [0.4, 0.5) is 4.39 Å². The molecular formula is C29H33ClFNO4. The first-order valence-electron chi connectivity index (χ1n) is 11.9. The number of aliphatic hydroxyl groups excluding tert-OH is 1. The summed E-state index contributed by atoms with van der Waals surface area (Å²) < 4.78 is 19.8. The number of carbonyl (C=O) groups is 1. The molecule has 192 valence electrons. The molecule has 0 spiro atoms. The summed E-state index contributed by atoms with van der Waals surface area (Å²) in [6.07, 6.45) is -0.691. The number of carboxylic acid groups (broad SMARTS) is 1. The standard InChI is InChI=1S/C29H33ClFNO4/c1-18-23(28(34)35)11-12-24(21-8-6-5-7-9-21)27(18)19(2)36-17-22(33)16-32-29(3,4)15-20-10-13-25(30)26(31)14-20/h5-14,19,22,32-33H,15-17H2,1-4H3,(H,34,35)/t19?,22-/m0/s1. The van der Waals surface area contributed by atoms with E-state index in [0.29, 0.717) is 12.0 Å². The van der Waals surface area contributed by atoms with Crippen molar-refractivity contribution >= 4 is 17.6 Å². The Kier molecular flexibility index (Phi) is 9.25. The molecule has 1 unspecified atom stereocenters. The summed E-state index contributed by atoms with van der Waals surface area (Å²) in [5, 5.41) is 23.6. The summed E-state index contributed by atoms with van der Waals surface area (Å²) in [5.74, 6) is -1.45. The molecule has 0 aliphatic rings. The number of β-amino-alcohol motifs (C(OH)–C–C–N with tert-alkyl or cyclic N) is 1. The Balaban J connectivity index is 1.66. The van der Waals surface area contributed by atoms with Crippen molar-refractivity contribution in [3.63, 3.8) is 0 Å². The van der Waals surface area contributed by atoms with Crippen molar-refractivity contribution in [2.24, 2.45) is 0 Å². The lowest BCUT2D eigenvalue weighted by Crippen LogP contribution is -2.46. The van der Waals surface area contributed by atoms with Crippen LogP contribution in [0, 0.1) is 12.7 Å². The number of aliphatic hydroxyl groups is 1. The van der Waals surface area contributed by atoms with Gasteiger partial charge in [0.15, 0.2) is 0 Å². The van der Waals surface area contributed by atoms with Crippen molar-refractivity contribution in [3.05, 3.63) is 93.8 Å². The van der Waals surface area contributed by atoms with Gasteiger partial charge in [0.1, 0.15) is 5.82 Å². The summed E-state index contributed by atoms with van der Waals surface area (Å²) >= 11 is 5.77. The van der Waals surface area contributed by atoms with E-state index in [4.69, 9.17) is 16.3 Å². The molecule has 0 aliphatic carbocycles. The van der Waals surface area contributed by atoms with Crippen molar-refractivity contribution in [1.29, 1.82) is 0 Å². The van der Waals surface area contributed by atoms with Gasteiger partial charge in [-0.1, -0.05) is 54.1 Å². The average molecular weight is 514 g/mol. The second-order valence-electron chi connectivity index (χ2n) is 9.69. The van der Waals surface area contributed by atoms with Gasteiger partial charge < -0.3 is 20.3 Å². The summed E-state index contributed by atoms with van der Waals surface area (Å²) in [5.41, 5.74) is 3.91. The Bertz CT molecular complexity index is 1200. The third-order valence-electron chi connectivity index (χ3n) is 6.22. The first-order valence-corrected chi connectivity index (χ1v) is 12.3. The third kappa shape index (κ3) is 7.14. The van der Waals surface area contributed by atoms with Crippen molar-refractivity contribution in [2.45, 2.75) is 51.9 Å². The summed E-state index contributed by atoms with van der Waals surface area (Å²) in [6.45, 7) is 7.93. The first kappa shape index (κ1) is 27.8. The normalized spacial score (nSPS) is 13.4. The molecule has 3 aromatic carbocycles. The Hall–Kier alpha value is -2.77. The fraction of sp³-hybridized carbons (Fsp3) is 0.345. The van der Waals surface area contributed by atoms with Gasteiger partial charge >= 0.3 is 5.97 Å². The number of hydrogen-bond acceptors (Lipinski definition) is 4. The van der Waals surface area contributed by atoms with Gasteiger partial charge in [0, 0.05) is 12.1 Å². The van der Waals surface area contributed by atoms with Crippen molar-refractivity contribution in [1.82, 2.24) is 5.32 Å². The molecule has 5 nitrogen and oxygen atoms in total. The SMILES string of the molecule is Cc1c(C(=O)O)ccc(-c2ccccc2)c1C(C)OC[C@@H](O)CNC(C)(C)Cc1ccc(Cl)c(F)c1. The fourth-order valence-electron chi connectivity index (χ4n) is 4.37. The predicted molar refractivity (Wildman–Crippen MR) is 141 cm³/mol. The highest BCUT2D eigenvalue weighted by atomic mass is 35.5. The average Bonchev–Trinajstić information content (AvgIpc) is 2.83. The van der Waals surface area contributed by atoms with Gasteiger partial charge in [0.25, 0.3) is 0 Å². The highest BCUT2D eigenvalue weighted by molar-refractivity contribution is 6.30. The molecule has 3 N–H and O–H groups in total. The van der Waals surface area contributed by atoms with Gasteiger partial charge in [-0.25, -0.2) is 9.18 Å². The number of benzene rings is 3. The molecule has 3 rings (SSSR count). The van der Waals surface area contributed by atoms with Crippen LogP contribution in [0.25, 0.3) is 11.1 Å². The van der Waals surface area contributed by atoms with Gasteiger partial charge in [-0.2, -0.15) is 0 Å². The molecular weight excluding hydrogens is 481 g/mol. The maximum absolute atomic E-state index is 13.8. The van der Waals surface area contributed by atoms with Crippen LogP contribution in [0.5, 0.6) is 0 Å². The van der Waals surface area contributed by atoms with Gasteiger partial charge in [-0.15, -0.1) is 0 Å². The van der Waals surface area contributed by atoms with Gasteiger partial charge in [0.05, 0.1) is 29.4 Å². The molecule has 3 aromatic rings. The van der Waals surface area contributed by atoms with E-state index in [1.807, 2.05) is 51.1 Å². The molecule has 36 heavy (non-hydrogen) atoms. The second kappa shape index (κ2) is 12.0. The molecule has 0 radical (unpaired) electrons. The lowest BCUT2D eigenvalue weighted by Gasteiger charge is -2.29. The fourth-order valence-corrected chi connectivity index (χ4v) is 4.49. The van der Waals surface area contributed by atoms with Gasteiger partial charge in [-0.3, -0.25) is 0 Å². The predicted octanol–water partition coefficient (Wildman–Crippen LogP) is 6.20. The molecule has 0 aliphatic heterocycles.